The molecule has 0 aromatic carbocycles. The molecule has 1 amide bonds. The van der Waals surface area contributed by atoms with Crippen molar-refractivity contribution in [2.24, 2.45) is 4.99 Å². The number of carbonyl (C=O) groups excluding carboxylic acids is 1. The topological polar surface area (TPSA) is 65.5 Å². The lowest BCUT2D eigenvalue weighted by molar-refractivity contribution is -0.120. The summed E-state index contributed by atoms with van der Waals surface area (Å²) in [6.45, 7) is 5.95. The van der Waals surface area contributed by atoms with Gasteiger partial charge in [0.05, 0.1) is 6.54 Å². The second kappa shape index (κ2) is 12.5. The molecule has 0 saturated heterocycles. The van der Waals surface area contributed by atoms with Crippen LogP contribution in [-0.4, -0.2) is 38.5 Å². The van der Waals surface area contributed by atoms with Crippen LogP contribution in [0.4, 0.5) is 0 Å². The number of nitrogens with zero attached hydrogens (tertiary/aromatic N) is 1. The number of nitrogens with one attached hydrogen (secondary N) is 3. The molecule has 0 radical (unpaired) electrons. The first-order valence-electron chi connectivity index (χ1n) is 5.45. The van der Waals surface area contributed by atoms with Gasteiger partial charge in [-0.25, -0.2) is 0 Å². The molecule has 0 heterocycles. The van der Waals surface area contributed by atoms with E-state index >= 15 is 0 Å². The predicted octanol–water partition coefficient (Wildman–Crippen LogP) is 0.706. The van der Waals surface area contributed by atoms with Gasteiger partial charge in [-0.1, -0.05) is 13.8 Å². The van der Waals surface area contributed by atoms with Gasteiger partial charge in [0.1, 0.15) is 0 Å². The van der Waals surface area contributed by atoms with Crippen molar-refractivity contribution in [1.29, 1.82) is 0 Å². The molecule has 0 fully saturated rings. The predicted molar refractivity (Wildman–Crippen MR) is 78.4 cm³/mol. The summed E-state index contributed by atoms with van der Waals surface area (Å²) >= 11 is 0. The highest BCUT2D eigenvalue weighted by Gasteiger charge is 2.01. The molecule has 5 nitrogen and oxygen atoms in total. The van der Waals surface area contributed by atoms with E-state index in [1.165, 1.54) is 0 Å². The quantitative estimate of drug-likeness (QED) is 0.378. The number of carbonyl (C=O) groups is 1. The molecule has 0 bridgehead atoms. The minimum atomic E-state index is -0.00343. The van der Waals surface area contributed by atoms with Crippen LogP contribution >= 0.6 is 24.0 Å². The number of hydrogen-bond donors (Lipinski definition) is 3. The van der Waals surface area contributed by atoms with Crippen LogP contribution in [0.3, 0.4) is 0 Å². The molecular weight excluding hydrogens is 319 g/mol. The average molecular weight is 342 g/mol. The molecule has 0 rings (SSSR count). The van der Waals surface area contributed by atoms with Crippen molar-refractivity contribution < 1.29 is 4.79 Å². The first-order chi connectivity index (χ1) is 7.24. The number of hydrogen-bond acceptors (Lipinski definition) is 2. The summed E-state index contributed by atoms with van der Waals surface area (Å²) in [6, 6.07) is 0. The molecule has 0 aliphatic heterocycles. The van der Waals surface area contributed by atoms with Crippen LogP contribution in [0.5, 0.6) is 0 Å². The number of amides is 1. The average Bonchev–Trinajstić information content (AvgIpc) is 2.26. The van der Waals surface area contributed by atoms with E-state index in [1.807, 2.05) is 6.92 Å². The molecule has 0 saturated carbocycles. The van der Waals surface area contributed by atoms with Crippen LogP contribution < -0.4 is 16.0 Å². The first-order valence-corrected chi connectivity index (χ1v) is 5.45. The van der Waals surface area contributed by atoms with Gasteiger partial charge in [-0.15, -0.1) is 24.0 Å². The van der Waals surface area contributed by atoms with Gasteiger partial charge < -0.3 is 16.0 Å². The molecule has 0 aromatic heterocycles. The van der Waals surface area contributed by atoms with E-state index in [-0.39, 0.29) is 36.4 Å². The summed E-state index contributed by atoms with van der Waals surface area (Å²) in [6.07, 6.45) is 1.98. The van der Waals surface area contributed by atoms with Crippen LogP contribution in [-0.2, 0) is 4.79 Å². The van der Waals surface area contributed by atoms with Crippen LogP contribution in [0, 0.1) is 0 Å². The lowest BCUT2D eigenvalue weighted by atomic mass is 10.4. The third-order valence-electron chi connectivity index (χ3n) is 1.75. The Labute approximate surface area is 115 Å². The molecule has 0 aliphatic rings. The normalized spacial score (nSPS) is 10.3. The van der Waals surface area contributed by atoms with Crippen molar-refractivity contribution >= 4 is 35.8 Å². The molecule has 6 heteroatoms. The summed E-state index contributed by atoms with van der Waals surface area (Å²) in [5.74, 6) is 0.666. The Bertz CT molecular complexity index is 209. The highest BCUT2D eigenvalue weighted by molar-refractivity contribution is 14.0. The molecular formula is C10H23IN4O. The second-order valence-corrected chi connectivity index (χ2v) is 3.20. The van der Waals surface area contributed by atoms with Crippen LogP contribution in [0.1, 0.15) is 26.7 Å². The smallest absolute Gasteiger partial charge is 0.239 e. The van der Waals surface area contributed by atoms with Crippen molar-refractivity contribution in [3.05, 3.63) is 0 Å². The van der Waals surface area contributed by atoms with E-state index < -0.39 is 0 Å². The van der Waals surface area contributed by atoms with Crippen molar-refractivity contribution in [3.8, 4) is 0 Å². The maximum Gasteiger partial charge on any atom is 0.239 e. The lowest BCUT2D eigenvalue weighted by Crippen LogP contribution is -2.43. The standard InChI is InChI=1S/C10H22N4O.HI/c1-4-6-12-9(15)8-14-10(11-3)13-7-5-2;/h4-8H2,1-3H3,(H,12,15)(H2,11,13,14);1H. The Balaban J connectivity index is 0. The van der Waals surface area contributed by atoms with E-state index in [9.17, 15) is 4.79 Å². The van der Waals surface area contributed by atoms with E-state index in [2.05, 4.69) is 27.9 Å². The number of rotatable bonds is 6. The van der Waals surface area contributed by atoms with Gasteiger partial charge in [0, 0.05) is 20.1 Å². The number of aliphatic imine (C=N–C) groups is 1. The van der Waals surface area contributed by atoms with Crippen molar-refractivity contribution in [3.63, 3.8) is 0 Å². The van der Waals surface area contributed by atoms with Gasteiger partial charge in [-0.05, 0) is 12.8 Å². The van der Waals surface area contributed by atoms with Gasteiger partial charge in [-0.3, -0.25) is 9.79 Å². The fraction of sp³-hybridized carbons (Fsp3) is 0.800. The van der Waals surface area contributed by atoms with Crippen LogP contribution in [0.2, 0.25) is 0 Å². The number of halogens is 1. The Morgan fingerprint density at radius 1 is 1.06 bits per heavy atom. The summed E-state index contributed by atoms with van der Waals surface area (Å²) in [4.78, 5) is 15.2. The fourth-order valence-corrected chi connectivity index (χ4v) is 0.955. The molecule has 0 aliphatic carbocycles. The zero-order chi connectivity index (χ0) is 11.5. The summed E-state index contributed by atoms with van der Waals surface area (Å²) in [5.41, 5.74) is 0. The Morgan fingerprint density at radius 2 is 1.62 bits per heavy atom. The molecule has 0 unspecified atom stereocenters. The van der Waals surface area contributed by atoms with Crippen LogP contribution in [0.15, 0.2) is 4.99 Å². The SMILES string of the molecule is CCCNC(=O)CNC(=NC)NCCC.I. The summed E-state index contributed by atoms with van der Waals surface area (Å²) < 4.78 is 0. The van der Waals surface area contributed by atoms with Gasteiger partial charge in [-0.2, -0.15) is 0 Å². The second-order valence-electron chi connectivity index (χ2n) is 3.20. The van der Waals surface area contributed by atoms with Crippen molar-refractivity contribution in [2.45, 2.75) is 26.7 Å². The first kappa shape index (κ1) is 17.9. The van der Waals surface area contributed by atoms with Gasteiger partial charge in [0.25, 0.3) is 0 Å². The molecule has 0 aromatic rings. The van der Waals surface area contributed by atoms with Gasteiger partial charge in [0.15, 0.2) is 5.96 Å². The summed E-state index contributed by atoms with van der Waals surface area (Å²) in [5, 5.41) is 8.81. The minimum Gasteiger partial charge on any atom is -0.356 e. The Morgan fingerprint density at radius 3 is 2.12 bits per heavy atom. The Hall–Kier alpha value is -0.530. The molecule has 0 spiro atoms. The van der Waals surface area contributed by atoms with Gasteiger partial charge >= 0.3 is 0 Å². The fourth-order valence-electron chi connectivity index (χ4n) is 0.955. The number of guanidine groups is 1. The monoisotopic (exact) mass is 342 g/mol. The van der Waals surface area contributed by atoms with Crippen molar-refractivity contribution in [2.75, 3.05) is 26.7 Å². The largest absolute Gasteiger partial charge is 0.356 e. The highest BCUT2D eigenvalue weighted by atomic mass is 127. The molecule has 96 valence electrons. The van der Waals surface area contributed by atoms with E-state index in [1.54, 1.807) is 7.05 Å². The maximum atomic E-state index is 11.2. The van der Waals surface area contributed by atoms with E-state index in [0.29, 0.717) is 5.96 Å². The lowest BCUT2D eigenvalue weighted by Gasteiger charge is -2.10. The van der Waals surface area contributed by atoms with Crippen molar-refractivity contribution in [1.82, 2.24) is 16.0 Å². The Kier molecular flexibility index (Phi) is 14.0. The zero-order valence-electron chi connectivity index (χ0n) is 10.3. The minimum absolute atomic E-state index is 0. The third-order valence-corrected chi connectivity index (χ3v) is 1.75. The zero-order valence-corrected chi connectivity index (χ0v) is 12.6. The third kappa shape index (κ3) is 10.0. The summed E-state index contributed by atoms with van der Waals surface area (Å²) in [7, 11) is 1.69. The highest BCUT2D eigenvalue weighted by Crippen LogP contribution is 1.74. The van der Waals surface area contributed by atoms with E-state index in [4.69, 9.17) is 0 Å². The van der Waals surface area contributed by atoms with E-state index in [0.717, 1.165) is 25.9 Å². The van der Waals surface area contributed by atoms with Crippen LogP contribution in [0.25, 0.3) is 0 Å². The molecule has 0 atom stereocenters. The maximum absolute atomic E-state index is 11.2. The molecule has 3 N–H and O–H groups in total. The van der Waals surface area contributed by atoms with Gasteiger partial charge in [0.2, 0.25) is 5.91 Å². The molecule has 16 heavy (non-hydrogen) atoms.